The van der Waals surface area contributed by atoms with Crippen molar-refractivity contribution >= 4 is 46.4 Å². The van der Waals surface area contributed by atoms with Crippen molar-refractivity contribution in [2.45, 2.75) is 6.92 Å². The molecule has 0 fully saturated rings. The molecule has 27 heavy (non-hydrogen) atoms. The molecule has 2 rings (SSSR count). The van der Waals surface area contributed by atoms with Gasteiger partial charge in [0.25, 0.3) is 11.8 Å². The van der Waals surface area contributed by atoms with E-state index in [9.17, 15) is 9.59 Å². The van der Waals surface area contributed by atoms with E-state index in [2.05, 4.69) is 10.6 Å². The average Bonchev–Trinajstić information content (AvgIpc) is 2.59. The van der Waals surface area contributed by atoms with Gasteiger partial charge in [0.05, 0.1) is 29.4 Å². The van der Waals surface area contributed by atoms with Gasteiger partial charge in [0.2, 0.25) is 0 Å². The number of rotatable bonds is 8. The van der Waals surface area contributed by atoms with Crippen molar-refractivity contribution in [3.63, 3.8) is 0 Å². The molecule has 0 spiro atoms. The van der Waals surface area contributed by atoms with Crippen molar-refractivity contribution in [1.82, 2.24) is 0 Å². The van der Waals surface area contributed by atoms with Gasteiger partial charge in [-0.05, 0) is 37.3 Å². The van der Waals surface area contributed by atoms with Crippen molar-refractivity contribution in [3.05, 3.63) is 52.5 Å². The minimum absolute atomic E-state index is 0.126. The van der Waals surface area contributed by atoms with Gasteiger partial charge in [-0.15, -0.1) is 0 Å². The van der Waals surface area contributed by atoms with E-state index in [4.69, 9.17) is 27.9 Å². The highest BCUT2D eigenvalue weighted by molar-refractivity contribution is 6.42. The van der Waals surface area contributed by atoms with Crippen LogP contribution in [0.4, 0.5) is 11.4 Å². The van der Waals surface area contributed by atoms with Gasteiger partial charge in [-0.2, -0.15) is 0 Å². The molecule has 0 bridgehead atoms. The Bertz CT molecular complexity index is 815. The van der Waals surface area contributed by atoms with Crippen LogP contribution >= 0.6 is 23.2 Å². The van der Waals surface area contributed by atoms with Gasteiger partial charge < -0.3 is 20.3 Å². The van der Waals surface area contributed by atoms with Crippen LogP contribution in [0.2, 0.25) is 10.0 Å². The number of benzene rings is 2. The summed E-state index contributed by atoms with van der Waals surface area (Å²) in [5.74, 6) is 0.179. The van der Waals surface area contributed by atoms with Crippen molar-refractivity contribution < 1.29 is 19.2 Å². The third-order valence-electron chi connectivity index (χ3n) is 3.59. The first-order valence-corrected chi connectivity index (χ1v) is 9.22. The van der Waals surface area contributed by atoms with Gasteiger partial charge >= 0.3 is 0 Å². The molecule has 2 aromatic carbocycles. The lowest BCUT2D eigenvalue weighted by atomic mass is 10.3. The summed E-state index contributed by atoms with van der Waals surface area (Å²) in [4.78, 5) is 25.1. The molecule has 0 aliphatic carbocycles. The fourth-order valence-corrected chi connectivity index (χ4v) is 2.73. The van der Waals surface area contributed by atoms with Crippen molar-refractivity contribution in [3.8, 4) is 5.75 Å². The number of hydrogen-bond acceptors (Lipinski definition) is 3. The standard InChI is InChI=1S/C19H21Cl2N3O3/c1-3-27-17-7-5-4-6-16(17)23-19(26)12-24(2)11-18(25)22-13-8-9-14(20)15(21)10-13/h4-10H,3,11-12H2,1-2H3,(H,22,25)(H,23,26)/p+1. The summed E-state index contributed by atoms with van der Waals surface area (Å²) in [5.41, 5.74) is 1.16. The van der Waals surface area contributed by atoms with E-state index in [1.54, 1.807) is 37.4 Å². The predicted molar refractivity (Wildman–Crippen MR) is 108 cm³/mol. The zero-order valence-corrected chi connectivity index (χ0v) is 16.7. The van der Waals surface area contributed by atoms with Crippen molar-refractivity contribution in [2.24, 2.45) is 0 Å². The zero-order chi connectivity index (χ0) is 19.8. The average molecular weight is 411 g/mol. The molecule has 0 radical (unpaired) electrons. The van der Waals surface area contributed by atoms with Gasteiger partial charge in [0, 0.05) is 5.69 Å². The van der Waals surface area contributed by atoms with E-state index < -0.39 is 0 Å². The Hall–Kier alpha value is -2.28. The van der Waals surface area contributed by atoms with E-state index in [1.165, 1.54) is 0 Å². The van der Waals surface area contributed by atoms with Gasteiger partial charge in [-0.3, -0.25) is 9.59 Å². The second-order valence-corrected chi connectivity index (χ2v) is 6.78. The van der Waals surface area contributed by atoms with E-state index in [1.807, 2.05) is 19.1 Å². The third-order valence-corrected chi connectivity index (χ3v) is 4.33. The summed E-state index contributed by atoms with van der Waals surface area (Å²) in [6.45, 7) is 2.64. The number of quaternary nitrogens is 1. The van der Waals surface area contributed by atoms with E-state index in [0.717, 1.165) is 4.90 Å². The molecule has 144 valence electrons. The number of carbonyl (C=O) groups is 2. The van der Waals surface area contributed by atoms with E-state index in [-0.39, 0.29) is 24.9 Å². The van der Waals surface area contributed by atoms with E-state index >= 15 is 0 Å². The summed E-state index contributed by atoms with van der Waals surface area (Å²) in [5, 5.41) is 6.33. The first-order chi connectivity index (χ1) is 12.9. The number of ether oxygens (including phenoxy) is 1. The second kappa shape index (κ2) is 10.2. The molecule has 3 N–H and O–H groups in total. The lowest BCUT2D eigenvalue weighted by molar-refractivity contribution is -0.862. The second-order valence-electron chi connectivity index (χ2n) is 5.97. The minimum atomic E-state index is -0.228. The zero-order valence-electron chi connectivity index (χ0n) is 15.1. The minimum Gasteiger partial charge on any atom is -0.492 e. The Morgan fingerprint density at radius 3 is 2.33 bits per heavy atom. The van der Waals surface area contributed by atoms with E-state index in [0.29, 0.717) is 33.8 Å². The molecule has 1 atom stereocenters. The summed E-state index contributed by atoms with van der Waals surface area (Å²) in [6.07, 6.45) is 0. The molecule has 0 aliphatic heterocycles. The highest BCUT2D eigenvalue weighted by Gasteiger charge is 2.16. The maximum atomic E-state index is 12.2. The molecule has 8 heteroatoms. The van der Waals surface area contributed by atoms with Crippen LogP contribution < -0.4 is 20.3 Å². The molecule has 0 aliphatic rings. The molecular weight excluding hydrogens is 389 g/mol. The normalized spacial score (nSPS) is 11.6. The number of halogens is 2. The number of likely N-dealkylation sites (N-methyl/N-ethyl adjacent to an activating group) is 1. The van der Waals surface area contributed by atoms with Crippen LogP contribution in [0, 0.1) is 0 Å². The smallest absolute Gasteiger partial charge is 0.279 e. The first kappa shape index (κ1) is 21.0. The van der Waals surface area contributed by atoms with Crippen molar-refractivity contribution in [2.75, 3.05) is 37.4 Å². The first-order valence-electron chi connectivity index (χ1n) is 8.47. The van der Waals surface area contributed by atoms with Crippen LogP contribution in [0.15, 0.2) is 42.5 Å². The quantitative estimate of drug-likeness (QED) is 0.625. The predicted octanol–water partition coefficient (Wildman–Crippen LogP) is 2.48. The number of anilines is 2. The molecule has 2 amide bonds. The van der Waals surface area contributed by atoms with Crippen LogP contribution in [0.1, 0.15) is 6.92 Å². The number of para-hydroxylation sites is 2. The highest BCUT2D eigenvalue weighted by Crippen LogP contribution is 2.25. The highest BCUT2D eigenvalue weighted by atomic mass is 35.5. The number of hydrogen-bond donors (Lipinski definition) is 3. The number of carbonyl (C=O) groups excluding carboxylic acids is 2. The Morgan fingerprint density at radius 2 is 1.67 bits per heavy atom. The molecule has 0 saturated heterocycles. The van der Waals surface area contributed by atoms with Crippen LogP contribution in [0.3, 0.4) is 0 Å². The lowest BCUT2D eigenvalue weighted by Gasteiger charge is -2.15. The molecule has 0 heterocycles. The Morgan fingerprint density at radius 1 is 1.00 bits per heavy atom. The Labute approximate surface area is 168 Å². The van der Waals surface area contributed by atoms with Crippen molar-refractivity contribution in [1.29, 1.82) is 0 Å². The molecule has 0 saturated carbocycles. The van der Waals surface area contributed by atoms with Crippen LogP contribution in [0.5, 0.6) is 5.75 Å². The molecule has 1 unspecified atom stereocenters. The maximum absolute atomic E-state index is 12.2. The SMILES string of the molecule is CCOc1ccccc1NC(=O)C[NH+](C)CC(=O)Nc1ccc(Cl)c(Cl)c1. The summed E-state index contributed by atoms with van der Waals surface area (Å²) < 4.78 is 5.49. The van der Waals surface area contributed by atoms with Gasteiger partial charge in [-0.25, -0.2) is 0 Å². The topological polar surface area (TPSA) is 71.9 Å². The Balaban J connectivity index is 1.85. The molecule has 2 aromatic rings. The largest absolute Gasteiger partial charge is 0.492 e. The lowest BCUT2D eigenvalue weighted by Crippen LogP contribution is -3.11. The Kier molecular flexibility index (Phi) is 7.91. The fourth-order valence-electron chi connectivity index (χ4n) is 2.44. The molecule has 0 aromatic heterocycles. The summed E-state index contributed by atoms with van der Waals surface area (Å²) in [6, 6.07) is 12.1. The van der Waals surface area contributed by atoms with Gasteiger partial charge in [-0.1, -0.05) is 35.3 Å². The monoisotopic (exact) mass is 410 g/mol. The van der Waals surface area contributed by atoms with Gasteiger partial charge in [0.1, 0.15) is 5.75 Å². The van der Waals surface area contributed by atoms with Crippen LogP contribution in [-0.2, 0) is 9.59 Å². The van der Waals surface area contributed by atoms with Crippen LogP contribution in [-0.4, -0.2) is 38.6 Å². The van der Waals surface area contributed by atoms with Gasteiger partial charge in [0.15, 0.2) is 13.1 Å². The summed E-state index contributed by atoms with van der Waals surface area (Å²) in [7, 11) is 1.77. The summed E-state index contributed by atoms with van der Waals surface area (Å²) >= 11 is 11.8. The number of nitrogens with one attached hydrogen (secondary N) is 3. The fraction of sp³-hybridized carbons (Fsp3) is 0.263. The van der Waals surface area contributed by atoms with Crippen LogP contribution in [0.25, 0.3) is 0 Å². The molecule has 6 nitrogen and oxygen atoms in total. The maximum Gasteiger partial charge on any atom is 0.279 e. The third kappa shape index (κ3) is 6.75. The number of amides is 2. The molecular formula is C19H22Cl2N3O3+.